The number of hydrogen-bond acceptors (Lipinski definition) is 3. The highest BCUT2D eigenvalue weighted by atomic mass is 16.5. The van der Waals surface area contributed by atoms with Crippen molar-refractivity contribution in [3.05, 3.63) is 53.6 Å². The zero-order valence-electron chi connectivity index (χ0n) is 14.0. The normalized spacial score (nSPS) is 16.4. The number of benzene rings is 2. The molecule has 1 amide bonds. The molecule has 4 nitrogen and oxygen atoms in total. The van der Waals surface area contributed by atoms with Gasteiger partial charge in [-0.3, -0.25) is 4.79 Å². The van der Waals surface area contributed by atoms with Crippen molar-refractivity contribution >= 4 is 17.3 Å². The minimum Gasteiger partial charge on any atom is -0.497 e. The average Bonchev–Trinajstić information content (AvgIpc) is 3.30. The number of amides is 1. The van der Waals surface area contributed by atoms with Gasteiger partial charge in [0.15, 0.2) is 0 Å². The van der Waals surface area contributed by atoms with Crippen LogP contribution in [0.3, 0.4) is 0 Å². The molecule has 1 saturated heterocycles. The van der Waals surface area contributed by atoms with E-state index in [1.54, 1.807) is 7.11 Å². The smallest absolute Gasteiger partial charge is 0.258 e. The third-order valence-corrected chi connectivity index (χ3v) is 5.02. The first-order chi connectivity index (χ1) is 11.8. The van der Waals surface area contributed by atoms with Gasteiger partial charge in [0.25, 0.3) is 5.91 Å². The molecule has 2 aliphatic rings. The van der Waals surface area contributed by atoms with E-state index in [1.807, 2.05) is 29.2 Å². The van der Waals surface area contributed by atoms with Gasteiger partial charge in [-0.05, 0) is 61.2 Å². The van der Waals surface area contributed by atoms with Crippen LogP contribution in [0, 0.1) is 0 Å². The van der Waals surface area contributed by atoms with Crippen molar-refractivity contribution in [1.82, 2.24) is 0 Å². The molecule has 0 N–H and O–H groups in total. The molecule has 124 valence electrons. The van der Waals surface area contributed by atoms with Gasteiger partial charge in [-0.25, -0.2) is 0 Å². The molecular weight excluding hydrogens is 300 g/mol. The molecule has 4 rings (SSSR count). The predicted molar refractivity (Wildman–Crippen MR) is 96.3 cm³/mol. The Morgan fingerprint density at radius 2 is 1.75 bits per heavy atom. The minimum atomic E-state index is 0.0648. The maximum absolute atomic E-state index is 12.9. The summed E-state index contributed by atoms with van der Waals surface area (Å²) in [6, 6.07) is 13.9. The summed E-state index contributed by atoms with van der Waals surface area (Å²) in [5.74, 6) is 0.833. The van der Waals surface area contributed by atoms with Gasteiger partial charge in [-0.15, -0.1) is 0 Å². The molecule has 0 unspecified atom stereocenters. The summed E-state index contributed by atoms with van der Waals surface area (Å²) in [5, 5.41) is 0. The van der Waals surface area contributed by atoms with Crippen LogP contribution in [0.1, 0.15) is 28.8 Å². The lowest BCUT2D eigenvalue weighted by molar-refractivity contribution is 0.0989. The fraction of sp³-hybridized carbons (Fsp3) is 0.350. The van der Waals surface area contributed by atoms with Crippen LogP contribution in [0.2, 0.25) is 0 Å². The van der Waals surface area contributed by atoms with E-state index in [0.717, 1.165) is 37.5 Å². The Hall–Kier alpha value is -2.49. The van der Waals surface area contributed by atoms with E-state index in [1.165, 1.54) is 24.1 Å². The van der Waals surface area contributed by atoms with Crippen LogP contribution in [0.5, 0.6) is 5.75 Å². The molecule has 2 aromatic carbocycles. The van der Waals surface area contributed by atoms with E-state index in [4.69, 9.17) is 4.74 Å². The van der Waals surface area contributed by atoms with Crippen LogP contribution in [-0.2, 0) is 6.42 Å². The van der Waals surface area contributed by atoms with Crippen molar-refractivity contribution in [2.45, 2.75) is 19.3 Å². The summed E-state index contributed by atoms with van der Waals surface area (Å²) in [6.07, 6.45) is 3.44. The van der Waals surface area contributed by atoms with E-state index < -0.39 is 0 Å². The molecule has 0 atom stereocenters. The average molecular weight is 322 g/mol. The first-order valence-corrected chi connectivity index (χ1v) is 8.60. The fourth-order valence-electron chi connectivity index (χ4n) is 3.64. The fourth-order valence-corrected chi connectivity index (χ4v) is 3.64. The molecule has 24 heavy (non-hydrogen) atoms. The number of carbonyl (C=O) groups is 1. The summed E-state index contributed by atoms with van der Waals surface area (Å²) < 4.78 is 5.17. The number of hydrogen-bond donors (Lipinski definition) is 0. The molecule has 0 spiro atoms. The largest absolute Gasteiger partial charge is 0.497 e. The van der Waals surface area contributed by atoms with Crippen molar-refractivity contribution < 1.29 is 9.53 Å². The molecule has 0 saturated carbocycles. The Morgan fingerprint density at radius 1 is 1.00 bits per heavy atom. The van der Waals surface area contributed by atoms with Gasteiger partial charge in [-0.2, -0.15) is 0 Å². The van der Waals surface area contributed by atoms with Crippen LogP contribution in [0.15, 0.2) is 42.5 Å². The van der Waals surface area contributed by atoms with Gasteiger partial charge in [0.1, 0.15) is 5.75 Å². The quantitative estimate of drug-likeness (QED) is 0.867. The Bertz CT molecular complexity index is 749. The Balaban J connectivity index is 1.61. The molecule has 2 aromatic rings. The number of methoxy groups -OCH3 is 1. The van der Waals surface area contributed by atoms with E-state index in [-0.39, 0.29) is 5.91 Å². The summed E-state index contributed by atoms with van der Waals surface area (Å²) in [6.45, 7) is 2.99. The monoisotopic (exact) mass is 322 g/mol. The summed E-state index contributed by atoms with van der Waals surface area (Å²) >= 11 is 0. The van der Waals surface area contributed by atoms with Gasteiger partial charge in [0, 0.05) is 36.6 Å². The second-order valence-corrected chi connectivity index (χ2v) is 6.44. The molecular formula is C20H22N2O2. The highest BCUT2D eigenvalue weighted by Gasteiger charge is 2.26. The number of nitrogens with zero attached hydrogens (tertiary/aromatic N) is 2. The third kappa shape index (κ3) is 2.62. The molecule has 2 heterocycles. The van der Waals surface area contributed by atoms with E-state index >= 15 is 0 Å². The molecule has 1 fully saturated rings. The van der Waals surface area contributed by atoms with Crippen LogP contribution in [0.25, 0.3) is 0 Å². The zero-order chi connectivity index (χ0) is 16.5. The third-order valence-electron chi connectivity index (χ3n) is 5.02. The maximum Gasteiger partial charge on any atom is 0.258 e. The highest BCUT2D eigenvalue weighted by molar-refractivity contribution is 6.07. The first kappa shape index (κ1) is 15.1. The van der Waals surface area contributed by atoms with Crippen molar-refractivity contribution in [3.8, 4) is 5.75 Å². The summed E-state index contributed by atoms with van der Waals surface area (Å²) in [7, 11) is 1.63. The van der Waals surface area contributed by atoms with Crippen LogP contribution in [0.4, 0.5) is 11.4 Å². The molecule has 4 heteroatoms. The summed E-state index contributed by atoms with van der Waals surface area (Å²) in [4.78, 5) is 17.2. The van der Waals surface area contributed by atoms with Gasteiger partial charge >= 0.3 is 0 Å². The Kier molecular flexibility index (Phi) is 3.89. The topological polar surface area (TPSA) is 32.8 Å². The maximum atomic E-state index is 12.9. The van der Waals surface area contributed by atoms with Crippen molar-refractivity contribution in [2.75, 3.05) is 36.5 Å². The molecule has 0 bridgehead atoms. The number of anilines is 2. The van der Waals surface area contributed by atoms with E-state index in [2.05, 4.69) is 23.1 Å². The molecule has 0 radical (unpaired) electrons. The number of ether oxygens (including phenoxy) is 1. The van der Waals surface area contributed by atoms with Gasteiger partial charge in [-0.1, -0.05) is 6.07 Å². The molecule has 2 aliphatic heterocycles. The lowest BCUT2D eigenvalue weighted by atomic mass is 10.1. The lowest BCUT2D eigenvalue weighted by Gasteiger charge is -2.22. The number of carbonyl (C=O) groups excluding carboxylic acids is 1. The van der Waals surface area contributed by atoms with Crippen molar-refractivity contribution in [3.63, 3.8) is 0 Å². The Labute approximate surface area is 142 Å². The van der Waals surface area contributed by atoms with E-state index in [0.29, 0.717) is 5.56 Å². The number of rotatable bonds is 3. The summed E-state index contributed by atoms with van der Waals surface area (Å²) in [5.41, 5.74) is 4.27. The van der Waals surface area contributed by atoms with Gasteiger partial charge in [0.05, 0.1) is 7.11 Å². The Morgan fingerprint density at radius 3 is 2.46 bits per heavy atom. The van der Waals surface area contributed by atoms with Crippen LogP contribution < -0.4 is 14.5 Å². The molecule has 0 aliphatic carbocycles. The lowest BCUT2D eigenvalue weighted by Crippen LogP contribution is -2.29. The van der Waals surface area contributed by atoms with Crippen molar-refractivity contribution in [2.24, 2.45) is 0 Å². The SMILES string of the molecule is COc1ccc(C(=O)N2CCc3ccc(N4CCCC4)cc32)cc1. The van der Waals surface area contributed by atoms with Gasteiger partial charge < -0.3 is 14.5 Å². The van der Waals surface area contributed by atoms with E-state index in [9.17, 15) is 4.79 Å². The predicted octanol–water partition coefficient (Wildman–Crippen LogP) is 3.50. The standard InChI is InChI=1S/C20H22N2O2/c1-24-18-8-5-16(6-9-18)20(23)22-13-10-15-4-7-17(14-19(15)22)21-11-2-3-12-21/h4-9,14H,2-3,10-13H2,1H3. The number of fused-ring (bicyclic) bond motifs is 1. The first-order valence-electron chi connectivity index (χ1n) is 8.60. The molecule has 0 aromatic heterocycles. The van der Waals surface area contributed by atoms with Crippen molar-refractivity contribution in [1.29, 1.82) is 0 Å². The second-order valence-electron chi connectivity index (χ2n) is 6.44. The second kappa shape index (κ2) is 6.19. The zero-order valence-corrected chi connectivity index (χ0v) is 14.0. The van der Waals surface area contributed by atoms with Crippen LogP contribution >= 0.6 is 0 Å². The van der Waals surface area contributed by atoms with Gasteiger partial charge in [0.2, 0.25) is 0 Å². The van der Waals surface area contributed by atoms with Crippen LogP contribution in [-0.4, -0.2) is 32.7 Å². The minimum absolute atomic E-state index is 0.0648. The highest BCUT2D eigenvalue weighted by Crippen LogP contribution is 2.34.